The Morgan fingerprint density at radius 2 is 1.54 bits per heavy atom. The number of hydrogen-bond acceptors (Lipinski definition) is 3. The van der Waals surface area contributed by atoms with Crippen molar-refractivity contribution >= 4 is 11.8 Å². The van der Waals surface area contributed by atoms with Crippen LogP contribution in [0.4, 0.5) is 0 Å². The summed E-state index contributed by atoms with van der Waals surface area (Å²) in [6, 6.07) is 8.30. The Bertz CT molecular complexity index is 403. The molecule has 0 aliphatic carbocycles. The molecule has 0 bridgehead atoms. The minimum Gasteiger partial charge on any atom is -0.497 e. The van der Waals surface area contributed by atoms with Gasteiger partial charge in [-0.25, -0.2) is 0 Å². The molecular weight excluding hydrogens is 316 g/mol. The second-order valence-electron chi connectivity index (χ2n) is 6.86. The summed E-state index contributed by atoms with van der Waals surface area (Å²) in [7, 11) is 1.71. The lowest BCUT2D eigenvalue weighted by atomic mass is 10.1. The standard InChI is InChI=1S/C21H36O2S/c1-5-6-7-8-9-10-11-12-21(23-17-18(2)3)24-20-15-13-19(22-4)14-16-20/h13-16,18,21H,5-12,17H2,1-4H3. The summed E-state index contributed by atoms with van der Waals surface area (Å²) < 4.78 is 11.4. The average Bonchev–Trinajstić information content (AvgIpc) is 2.59. The molecule has 2 nitrogen and oxygen atoms in total. The molecule has 0 aliphatic rings. The Hall–Kier alpha value is -0.670. The molecule has 3 heteroatoms. The van der Waals surface area contributed by atoms with Gasteiger partial charge in [-0.15, -0.1) is 0 Å². The molecule has 1 rings (SSSR count). The molecule has 0 fully saturated rings. The van der Waals surface area contributed by atoms with Gasteiger partial charge < -0.3 is 9.47 Å². The number of methoxy groups -OCH3 is 1. The summed E-state index contributed by atoms with van der Waals surface area (Å²) >= 11 is 1.84. The first kappa shape index (κ1) is 21.4. The molecule has 1 atom stereocenters. The molecule has 0 saturated heterocycles. The Kier molecular flexibility index (Phi) is 12.1. The molecule has 0 aromatic heterocycles. The van der Waals surface area contributed by atoms with Crippen LogP contribution in [0.5, 0.6) is 5.75 Å². The van der Waals surface area contributed by atoms with Crippen molar-refractivity contribution in [2.45, 2.75) is 82.5 Å². The van der Waals surface area contributed by atoms with Crippen molar-refractivity contribution in [3.05, 3.63) is 24.3 Å². The van der Waals surface area contributed by atoms with Crippen molar-refractivity contribution < 1.29 is 9.47 Å². The normalized spacial score (nSPS) is 12.5. The predicted molar refractivity (Wildman–Crippen MR) is 106 cm³/mol. The first-order chi connectivity index (χ1) is 11.7. The zero-order valence-corrected chi connectivity index (χ0v) is 16.9. The van der Waals surface area contributed by atoms with Gasteiger partial charge in [0.05, 0.1) is 13.7 Å². The Labute approximate surface area is 153 Å². The maximum absolute atomic E-state index is 6.14. The molecule has 0 N–H and O–H groups in total. The van der Waals surface area contributed by atoms with E-state index in [1.165, 1.54) is 49.8 Å². The molecule has 0 aliphatic heterocycles. The van der Waals surface area contributed by atoms with E-state index in [4.69, 9.17) is 9.47 Å². The molecule has 0 radical (unpaired) electrons. The van der Waals surface area contributed by atoms with Crippen molar-refractivity contribution in [3.63, 3.8) is 0 Å². The molecular formula is C21H36O2S. The van der Waals surface area contributed by atoms with Crippen molar-refractivity contribution in [3.8, 4) is 5.75 Å². The van der Waals surface area contributed by atoms with Gasteiger partial charge in [-0.05, 0) is 43.0 Å². The van der Waals surface area contributed by atoms with Crippen LogP contribution in [0.3, 0.4) is 0 Å². The van der Waals surface area contributed by atoms with E-state index in [0.29, 0.717) is 5.92 Å². The molecule has 0 heterocycles. The van der Waals surface area contributed by atoms with Crippen molar-refractivity contribution in [2.24, 2.45) is 5.92 Å². The highest BCUT2D eigenvalue weighted by Gasteiger charge is 2.12. The molecule has 1 aromatic rings. The summed E-state index contributed by atoms with van der Waals surface area (Å²) in [5.74, 6) is 1.49. The van der Waals surface area contributed by atoms with Gasteiger partial charge in [-0.3, -0.25) is 0 Å². The zero-order valence-electron chi connectivity index (χ0n) is 16.1. The lowest BCUT2D eigenvalue weighted by Crippen LogP contribution is -2.13. The summed E-state index contributed by atoms with van der Waals surface area (Å²) in [4.78, 5) is 1.26. The van der Waals surface area contributed by atoms with Crippen molar-refractivity contribution in [1.82, 2.24) is 0 Å². The van der Waals surface area contributed by atoms with Gasteiger partial charge >= 0.3 is 0 Å². The first-order valence-electron chi connectivity index (χ1n) is 9.58. The zero-order chi connectivity index (χ0) is 17.6. The van der Waals surface area contributed by atoms with Crippen LogP contribution in [0.25, 0.3) is 0 Å². The highest BCUT2D eigenvalue weighted by atomic mass is 32.2. The van der Waals surface area contributed by atoms with Gasteiger partial charge in [0.25, 0.3) is 0 Å². The molecule has 1 aromatic carbocycles. The Balaban J connectivity index is 2.35. The average molecular weight is 353 g/mol. The van der Waals surface area contributed by atoms with E-state index in [2.05, 4.69) is 32.9 Å². The van der Waals surface area contributed by atoms with Crippen LogP contribution in [0.2, 0.25) is 0 Å². The van der Waals surface area contributed by atoms with E-state index in [1.54, 1.807) is 7.11 Å². The maximum Gasteiger partial charge on any atom is 0.118 e. The first-order valence-corrected chi connectivity index (χ1v) is 10.5. The van der Waals surface area contributed by atoms with E-state index in [0.717, 1.165) is 18.8 Å². The topological polar surface area (TPSA) is 18.5 Å². The maximum atomic E-state index is 6.14. The highest BCUT2D eigenvalue weighted by Crippen LogP contribution is 2.29. The predicted octanol–water partition coefficient (Wildman–Crippen LogP) is 6.93. The largest absolute Gasteiger partial charge is 0.497 e. The second-order valence-corrected chi connectivity index (χ2v) is 8.09. The van der Waals surface area contributed by atoms with Gasteiger partial charge in [0.2, 0.25) is 0 Å². The summed E-state index contributed by atoms with van der Waals surface area (Å²) in [5, 5.41) is 0. The lowest BCUT2D eigenvalue weighted by molar-refractivity contribution is 0.0835. The third kappa shape index (κ3) is 10.2. The summed E-state index contributed by atoms with van der Waals surface area (Å²) in [5.41, 5.74) is 0.261. The number of thioether (sulfide) groups is 1. The number of benzene rings is 1. The quantitative estimate of drug-likeness (QED) is 0.205. The molecule has 0 amide bonds. The number of ether oxygens (including phenoxy) is 2. The molecule has 1 unspecified atom stereocenters. The van der Waals surface area contributed by atoms with Crippen LogP contribution in [0.15, 0.2) is 29.2 Å². The fraction of sp³-hybridized carbons (Fsp3) is 0.714. The monoisotopic (exact) mass is 352 g/mol. The highest BCUT2D eigenvalue weighted by molar-refractivity contribution is 7.99. The van der Waals surface area contributed by atoms with Crippen LogP contribution < -0.4 is 4.74 Å². The van der Waals surface area contributed by atoms with Gasteiger partial charge in [0, 0.05) is 4.90 Å². The lowest BCUT2D eigenvalue weighted by Gasteiger charge is -2.19. The van der Waals surface area contributed by atoms with E-state index >= 15 is 0 Å². The number of hydrogen-bond donors (Lipinski definition) is 0. The molecule has 138 valence electrons. The van der Waals surface area contributed by atoms with Crippen LogP contribution in [-0.4, -0.2) is 19.2 Å². The Morgan fingerprint density at radius 3 is 2.12 bits per heavy atom. The molecule has 0 saturated carbocycles. The van der Waals surface area contributed by atoms with Crippen LogP contribution in [0, 0.1) is 5.92 Å². The van der Waals surface area contributed by atoms with Crippen molar-refractivity contribution in [1.29, 1.82) is 0 Å². The van der Waals surface area contributed by atoms with Crippen molar-refractivity contribution in [2.75, 3.05) is 13.7 Å². The minimum atomic E-state index is 0.261. The fourth-order valence-electron chi connectivity index (χ4n) is 2.55. The van der Waals surface area contributed by atoms with E-state index in [9.17, 15) is 0 Å². The third-order valence-electron chi connectivity index (χ3n) is 3.99. The smallest absolute Gasteiger partial charge is 0.118 e. The molecule has 24 heavy (non-hydrogen) atoms. The van der Waals surface area contributed by atoms with E-state index in [1.807, 2.05) is 23.9 Å². The van der Waals surface area contributed by atoms with Gasteiger partial charge in [-0.2, -0.15) is 0 Å². The van der Waals surface area contributed by atoms with Crippen LogP contribution in [0.1, 0.15) is 72.1 Å². The van der Waals surface area contributed by atoms with E-state index in [-0.39, 0.29) is 5.44 Å². The third-order valence-corrected chi connectivity index (χ3v) is 5.16. The van der Waals surface area contributed by atoms with Gasteiger partial charge in [0.15, 0.2) is 0 Å². The fourth-order valence-corrected chi connectivity index (χ4v) is 3.58. The second kappa shape index (κ2) is 13.6. The Morgan fingerprint density at radius 1 is 0.917 bits per heavy atom. The van der Waals surface area contributed by atoms with Crippen LogP contribution in [-0.2, 0) is 4.74 Å². The molecule has 0 spiro atoms. The SMILES string of the molecule is CCCCCCCCCC(OCC(C)C)Sc1ccc(OC)cc1. The summed E-state index contributed by atoms with van der Waals surface area (Å²) in [6.07, 6.45) is 10.6. The van der Waals surface area contributed by atoms with Crippen LogP contribution >= 0.6 is 11.8 Å². The van der Waals surface area contributed by atoms with Gasteiger partial charge in [-0.1, -0.05) is 71.1 Å². The number of rotatable bonds is 14. The number of unbranched alkanes of at least 4 members (excludes halogenated alkanes) is 6. The minimum absolute atomic E-state index is 0.261. The van der Waals surface area contributed by atoms with E-state index < -0.39 is 0 Å². The van der Waals surface area contributed by atoms with Gasteiger partial charge in [0.1, 0.15) is 11.2 Å². The summed E-state index contributed by atoms with van der Waals surface area (Å²) in [6.45, 7) is 7.53.